The van der Waals surface area contributed by atoms with Crippen LogP contribution in [0.5, 0.6) is 0 Å². The zero-order valence-corrected chi connectivity index (χ0v) is 13.9. The van der Waals surface area contributed by atoms with Crippen LogP contribution in [0.3, 0.4) is 0 Å². The molecule has 3 nitrogen and oxygen atoms in total. The second kappa shape index (κ2) is 8.78. The highest BCUT2D eigenvalue weighted by Crippen LogP contribution is 2.16. The molecule has 0 bridgehead atoms. The van der Waals surface area contributed by atoms with Crippen LogP contribution in [0, 0.1) is 0 Å². The van der Waals surface area contributed by atoms with Crippen LogP contribution >= 0.6 is 35.8 Å². The van der Waals surface area contributed by atoms with E-state index >= 15 is 0 Å². The first kappa shape index (κ1) is 17.6. The lowest BCUT2D eigenvalue weighted by atomic mass is 10.2. The van der Waals surface area contributed by atoms with Gasteiger partial charge in [-0.1, -0.05) is 23.7 Å². The smallest absolute Gasteiger partial charge is 0.232 e. The Kier molecular flexibility index (Phi) is 7.74. The van der Waals surface area contributed by atoms with Gasteiger partial charge >= 0.3 is 0 Å². The molecular formula is C14H20Cl2N2OS. The third kappa shape index (κ3) is 5.17. The predicted octanol–water partition coefficient (Wildman–Crippen LogP) is 2.82. The van der Waals surface area contributed by atoms with Gasteiger partial charge in [-0.15, -0.1) is 24.2 Å². The molecule has 0 aliphatic carbocycles. The first-order valence-electron chi connectivity index (χ1n) is 6.49. The van der Waals surface area contributed by atoms with Crippen LogP contribution in [0.4, 0.5) is 0 Å². The average molecular weight is 335 g/mol. The number of piperazine rings is 1. The highest BCUT2D eigenvalue weighted by molar-refractivity contribution is 7.99. The first-order valence-corrected chi connectivity index (χ1v) is 8.02. The molecule has 1 fully saturated rings. The molecule has 0 spiro atoms. The number of rotatable bonds is 4. The summed E-state index contributed by atoms with van der Waals surface area (Å²) in [6.07, 6.45) is 0. The summed E-state index contributed by atoms with van der Waals surface area (Å²) in [5.74, 6) is 1.64. The van der Waals surface area contributed by atoms with Crippen molar-refractivity contribution in [3.05, 3.63) is 34.9 Å². The number of amides is 1. The largest absolute Gasteiger partial charge is 0.337 e. The summed E-state index contributed by atoms with van der Waals surface area (Å²) >= 11 is 7.50. The van der Waals surface area contributed by atoms with Crippen molar-refractivity contribution in [1.82, 2.24) is 10.2 Å². The van der Waals surface area contributed by atoms with Crippen molar-refractivity contribution in [1.29, 1.82) is 0 Å². The summed E-state index contributed by atoms with van der Waals surface area (Å²) in [5.41, 5.74) is 1.20. The van der Waals surface area contributed by atoms with E-state index < -0.39 is 0 Å². The molecule has 0 saturated carbocycles. The van der Waals surface area contributed by atoms with Gasteiger partial charge in [-0.3, -0.25) is 4.79 Å². The van der Waals surface area contributed by atoms with Gasteiger partial charge in [-0.2, -0.15) is 0 Å². The zero-order valence-electron chi connectivity index (χ0n) is 11.5. The second-order valence-electron chi connectivity index (χ2n) is 4.76. The molecule has 20 heavy (non-hydrogen) atoms. The normalized spacial score (nSPS) is 18.5. The minimum Gasteiger partial charge on any atom is -0.337 e. The van der Waals surface area contributed by atoms with Crippen LogP contribution in [0.15, 0.2) is 24.3 Å². The molecule has 1 saturated heterocycles. The van der Waals surface area contributed by atoms with Crippen LogP contribution in [0.2, 0.25) is 5.02 Å². The van der Waals surface area contributed by atoms with Crippen LogP contribution in [0.1, 0.15) is 12.5 Å². The zero-order chi connectivity index (χ0) is 13.7. The molecule has 1 heterocycles. The number of hydrogen-bond acceptors (Lipinski definition) is 3. The fourth-order valence-electron chi connectivity index (χ4n) is 2.13. The Morgan fingerprint density at radius 3 is 2.80 bits per heavy atom. The van der Waals surface area contributed by atoms with E-state index in [1.54, 1.807) is 11.8 Å². The Morgan fingerprint density at radius 1 is 1.45 bits per heavy atom. The molecule has 1 N–H and O–H groups in total. The van der Waals surface area contributed by atoms with Crippen molar-refractivity contribution in [2.24, 2.45) is 0 Å². The van der Waals surface area contributed by atoms with E-state index in [9.17, 15) is 4.79 Å². The fraction of sp³-hybridized carbons (Fsp3) is 0.500. The average Bonchev–Trinajstić information content (AvgIpc) is 2.41. The highest BCUT2D eigenvalue weighted by Gasteiger charge is 2.22. The molecule has 0 unspecified atom stereocenters. The maximum atomic E-state index is 12.1. The van der Waals surface area contributed by atoms with E-state index in [0.29, 0.717) is 11.8 Å². The first-order chi connectivity index (χ1) is 9.16. The molecule has 1 aromatic rings. The third-order valence-corrected chi connectivity index (χ3v) is 4.47. The Hall–Kier alpha value is -0.420. The van der Waals surface area contributed by atoms with Crippen molar-refractivity contribution in [3.8, 4) is 0 Å². The van der Waals surface area contributed by atoms with Crippen LogP contribution in [-0.2, 0) is 10.5 Å². The Bertz CT molecular complexity index is 428. The summed E-state index contributed by atoms with van der Waals surface area (Å²) in [5, 5.41) is 4.04. The van der Waals surface area contributed by atoms with Gasteiger partial charge in [0, 0.05) is 36.5 Å². The minimum atomic E-state index is 0. The van der Waals surface area contributed by atoms with Gasteiger partial charge in [-0.05, 0) is 24.6 Å². The summed E-state index contributed by atoms with van der Waals surface area (Å²) in [6, 6.07) is 8.09. The topological polar surface area (TPSA) is 32.3 Å². The van der Waals surface area contributed by atoms with Gasteiger partial charge in [0.15, 0.2) is 0 Å². The van der Waals surface area contributed by atoms with Gasteiger partial charge in [0.25, 0.3) is 0 Å². The molecular weight excluding hydrogens is 315 g/mol. The number of carbonyl (C=O) groups is 1. The van der Waals surface area contributed by atoms with E-state index in [1.165, 1.54) is 5.56 Å². The van der Waals surface area contributed by atoms with E-state index in [-0.39, 0.29) is 18.3 Å². The van der Waals surface area contributed by atoms with Crippen LogP contribution < -0.4 is 5.32 Å². The molecule has 0 aromatic heterocycles. The highest BCUT2D eigenvalue weighted by atomic mass is 35.5. The quantitative estimate of drug-likeness (QED) is 0.918. The molecule has 112 valence electrons. The number of nitrogens with zero attached hydrogens (tertiary/aromatic N) is 1. The van der Waals surface area contributed by atoms with Crippen molar-refractivity contribution in [3.63, 3.8) is 0 Å². The fourth-order valence-corrected chi connectivity index (χ4v) is 3.13. The molecule has 1 aromatic carbocycles. The summed E-state index contributed by atoms with van der Waals surface area (Å²) < 4.78 is 0. The van der Waals surface area contributed by atoms with Gasteiger partial charge < -0.3 is 10.2 Å². The maximum absolute atomic E-state index is 12.1. The van der Waals surface area contributed by atoms with Gasteiger partial charge in [0.05, 0.1) is 5.75 Å². The standard InChI is InChI=1S/C14H19ClN2OS.ClH/c1-11-8-16-6-7-17(11)14(18)10-19-9-12-2-4-13(15)5-3-12;/h2-5,11,16H,6-10H2,1H3;1H/t11-;/m1./s1. The third-order valence-electron chi connectivity index (χ3n) is 3.23. The van der Waals surface area contributed by atoms with Crippen LogP contribution in [-0.4, -0.2) is 42.2 Å². The van der Waals surface area contributed by atoms with E-state index in [0.717, 1.165) is 30.4 Å². The Labute approximate surface area is 135 Å². The number of hydrogen-bond donors (Lipinski definition) is 1. The second-order valence-corrected chi connectivity index (χ2v) is 6.18. The van der Waals surface area contributed by atoms with Crippen molar-refractivity contribution < 1.29 is 4.79 Å². The van der Waals surface area contributed by atoms with Gasteiger partial charge in [-0.25, -0.2) is 0 Å². The predicted molar refractivity (Wildman–Crippen MR) is 88.9 cm³/mol. The maximum Gasteiger partial charge on any atom is 0.232 e. The number of nitrogens with one attached hydrogen (secondary N) is 1. The Balaban J connectivity index is 0.00000200. The summed E-state index contributed by atoms with van der Waals surface area (Å²) in [4.78, 5) is 14.1. The van der Waals surface area contributed by atoms with E-state index in [2.05, 4.69) is 12.2 Å². The molecule has 1 aliphatic rings. The van der Waals surface area contributed by atoms with E-state index in [1.807, 2.05) is 29.2 Å². The molecule has 6 heteroatoms. The van der Waals surface area contributed by atoms with Gasteiger partial charge in [0.1, 0.15) is 0 Å². The monoisotopic (exact) mass is 334 g/mol. The lowest BCUT2D eigenvalue weighted by Gasteiger charge is -2.34. The molecule has 1 atom stereocenters. The number of thioether (sulfide) groups is 1. The SMILES string of the molecule is C[C@@H]1CNCCN1C(=O)CSCc1ccc(Cl)cc1.Cl. The molecule has 2 rings (SSSR count). The lowest BCUT2D eigenvalue weighted by Crippen LogP contribution is -2.52. The molecule has 1 amide bonds. The molecule has 0 radical (unpaired) electrons. The van der Waals surface area contributed by atoms with E-state index in [4.69, 9.17) is 11.6 Å². The Morgan fingerprint density at radius 2 is 2.15 bits per heavy atom. The van der Waals surface area contributed by atoms with Crippen LogP contribution in [0.25, 0.3) is 0 Å². The van der Waals surface area contributed by atoms with Crippen molar-refractivity contribution >= 4 is 41.7 Å². The summed E-state index contributed by atoms with van der Waals surface area (Å²) in [6.45, 7) is 4.71. The molecule has 1 aliphatic heterocycles. The number of benzene rings is 1. The summed E-state index contributed by atoms with van der Waals surface area (Å²) in [7, 11) is 0. The number of carbonyl (C=O) groups excluding carboxylic acids is 1. The minimum absolute atomic E-state index is 0. The number of halogens is 2. The van der Waals surface area contributed by atoms with Crippen molar-refractivity contribution in [2.45, 2.75) is 18.7 Å². The lowest BCUT2D eigenvalue weighted by molar-refractivity contribution is -0.131. The van der Waals surface area contributed by atoms with Crippen molar-refractivity contribution in [2.75, 3.05) is 25.4 Å². The van der Waals surface area contributed by atoms with Gasteiger partial charge in [0.2, 0.25) is 5.91 Å².